The largest absolute Gasteiger partial charge is 0.487 e. The fourth-order valence-corrected chi connectivity index (χ4v) is 4.33. The van der Waals surface area contributed by atoms with Gasteiger partial charge in [-0.2, -0.15) is 0 Å². The summed E-state index contributed by atoms with van der Waals surface area (Å²) in [5.74, 6) is 7.06. The van der Waals surface area contributed by atoms with Gasteiger partial charge >= 0.3 is 0 Å². The molecule has 1 aromatic carbocycles. The van der Waals surface area contributed by atoms with Crippen molar-refractivity contribution >= 4 is 17.2 Å². The summed E-state index contributed by atoms with van der Waals surface area (Å²) in [4.78, 5) is 27.9. The first-order valence-corrected chi connectivity index (χ1v) is 11.1. The maximum Gasteiger partial charge on any atom is 0.299 e. The second-order valence-corrected chi connectivity index (χ2v) is 8.02. The number of nitrogens with zero attached hydrogens (tertiary/aromatic N) is 5. The molecule has 1 fully saturated rings. The molecule has 0 bridgehead atoms. The number of carbonyl (C=O) groups excluding carboxylic acids is 1. The molecule has 0 saturated carbocycles. The Morgan fingerprint density at radius 2 is 2.03 bits per heavy atom. The van der Waals surface area contributed by atoms with E-state index in [9.17, 15) is 4.79 Å². The van der Waals surface area contributed by atoms with Gasteiger partial charge in [0.05, 0.1) is 11.7 Å². The van der Waals surface area contributed by atoms with Gasteiger partial charge in [-0.15, -0.1) is 0 Å². The van der Waals surface area contributed by atoms with E-state index in [1.165, 1.54) is 0 Å². The zero-order valence-electron chi connectivity index (χ0n) is 18.8. The van der Waals surface area contributed by atoms with Gasteiger partial charge in [-0.05, 0) is 62.1 Å². The minimum Gasteiger partial charge on any atom is -0.487 e. The van der Waals surface area contributed by atoms with Crippen LogP contribution in [-0.4, -0.2) is 36.7 Å². The maximum atomic E-state index is 12.6. The minimum absolute atomic E-state index is 0.169. The molecule has 0 spiro atoms. The summed E-state index contributed by atoms with van der Waals surface area (Å²) < 4.78 is 7.81. The van der Waals surface area contributed by atoms with E-state index >= 15 is 0 Å². The Morgan fingerprint density at radius 1 is 1.18 bits per heavy atom. The number of fused-ring (bicyclic) bond motifs is 1. The third kappa shape index (κ3) is 4.04. The zero-order valence-corrected chi connectivity index (χ0v) is 18.8. The van der Waals surface area contributed by atoms with Gasteiger partial charge in [-0.1, -0.05) is 12.0 Å². The van der Waals surface area contributed by atoms with Crippen molar-refractivity contribution in [2.75, 3.05) is 12.3 Å². The zero-order chi connectivity index (χ0) is 23.5. The highest BCUT2D eigenvalue weighted by Crippen LogP contribution is 2.36. The van der Waals surface area contributed by atoms with Crippen molar-refractivity contribution in [2.24, 2.45) is 0 Å². The van der Waals surface area contributed by atoms with Gasteiger partial charge in [0, 0.05) is 30.7 Å². The lowest BCUT2D eigenvalue weighted by Gasteiger charge is -2.21. The average Bonchev–Trinajstić information content (AvgIpc) is 3.50. The van der Waals surface area contributed by atoms with Gasteiger partial charge in [-0.25, -0.2) is 9.97 Å². The summed E-state index contributed by atoms with van der Waals surface area (Å²) in [6.45, 7) is 2.72. The summed E-state index contributed by atoms with van der Waals surface area (Å²) >= 11 is 0. The van der Waals surface area contributed by atoms with Gasteiger partial charge in [0.25, 0.3) is 5.91 Å². The highest BCUT2D eigenvalue weighted by Gasteiger charge is 2.33. The van der Waals surface area contributed by atoms with Crippen LogP contribution < -0.4 is 10.5 Å². The van der Waals surface area contributed by atoms with E-state index in [1.54, 1.807) is 24.2 Å². The van der Waals surface area contributed by atoms with E-state index in [1.807, 2.05) is 53.1 Å². The monoisotopic (exact) mass is 452 g/mol. The Labute approximate surface area is 197 Å². The lowest BCUT2D eigenvalue weighted by molar-refractivity contribution is -0.126. The molecule has 1 amide bonds. The summed E-state index contributed by atoms with van der Waals surface area (Å²) in [5, 5.41) is 0. The number of ether oxygens (including phenoxy) is 1. The molecule has 1 atom stereocenters. The molecule has 4 heterocycles. The first-order chi connectivity index (χ1) is 16.7. The molecule has 1 aliphatic heterocycles. The molecule has 8 nitrogen and oxygen atoms in total. The highest BCUT2D eigenvalue weighted by atomic mass is 16.5. The van der Waals surface area contributed by atoms with Crippen LogP contribution in [0.2, 0.25) is 0 Å². The highest BCUT2D eigenvalue weighted by molar-refractivity contribution is 5.94. The number of rotatable bonds is 5. The molecular formula is C26H24N6O2. The molecule has 1 unspecified atom stereocenters. The lowest BCUT2D eigenvalue weighted by Crippen LogP contribution is -2.30. The molecule has 5 rings (SSSR count). The number of hydrogen-bond donors (Lipinski definition) is 1. The van der Waals surface area contributed by atoms with Crippen molar-refractivity contribution in [3.63, 3.8) is 0 Å². The number of nitrogens with two attached hydrogens (primary N) is 1. The molecule has 34 heavy (non-hydrogen) atoms. The number of imidazole rings is 1. The number of carbonyl (C=O) groups is 1. The van der Waals surface area contributed by atoms with Gasteiger partial charge < -0.3 is 15.4 Å². The van der Waals surface area contributed by atoms with Crippen molar-refractivity contribution in [3.8, 4) is 28.8 Å². The third-order valence-corrected chi connectivity index (χ3v) is 5.89. The molecule has 170 valence electrons. The van der Waals surface area contributed by atoms with Crippen LogP contribution in [0.5, 0.6) is 5.75 Å². The first kappa shape index (κ1) is 21.5. The maximum absolute atomic E-state index is 12.6. The topological polar surface area (TPSA) is 98.6 Å². The van der Waals surface area contributed by atoms with E-state index < -0.39 is 0 Å². The summed E-state index contributed by atoms with van der Waals surface area (Å²) in [5.41, 5.74) is 9.47. The van der Waals surface area contributed by atoms with Gasteiger partial charge in [0.2, 0.25) is 0 Å². The van der Waals surface area contributed by atoms with Crippen LogP contribution in [0.1, 0.15) is 37.3 Å². The van der Waals surface area contributed by atoms with E-state index in [4.69, 9.17) is 15.5 Å². The quantitative estimate of drug-likeness (QED) is 0.464. The van der Waals surface area contributed by atoms with Crippen molar-refractivity contribution in [2.45, 2.75) is 32.4 Å². The van der Waals surface area contributed by atoms with Crippen molar-refractivity contribution < 1.29 is 9.53 Å². The first-order valence-electron chi connectivity index (χ1n) is 11.1. The number of likely N-dealkylation sites (tertiary alicyclic amines) is 1. The van der Waals surface area contributed by atoms with Crippen LogP contribution in [-0.2, 0) is 11.4 Å². The van der Waals surface area contributed by atoms with Crippen LogP contribution >= 0.6 is 0 Å². The molecule has 1 aliphatic rings. The Hall–Kier alpha value is -4.38. The fourth-order valence-electron chi connectivity index (χ4n) is 4.33. The lowest BCUT2D eigenvalue weighted by atomic mass is 10.1. The number of nitrogen functional groups attached to an aromatic ring is 1. The number of hydrogen-bond acceptors (Lipinski definition) is 6. The van der Waals surface area contributed by atoms with E-state index in [-0.39, 0.29) is 11.9 Å². The predicted octanol–water partition coefficient (Wildman–Crippen LogP) is 3.64. The second-order valence-electron chi connectivity index (χ2n) is 8.02. The summed E-state index contributed by atoms with van der Waals surface area (Å²) in [6, 6.07) is 13.3. The van der Waals surface area contributed by atoms with Crippen LogP contribution in [0.4, 0.5) is 5.82 Å². The summed E-state index contributed by atoms with van der Waals surface area (Å²) in [7, 11) is 0. The van der Waals surface area contributed by atoms with Gasteiger partial charge in [0.1, 0.15) is 35.2 Å². The molecule has 1 saturated heterocycles. The van der Waals surface area contributed by atoms with Crippen molar-refractivity contribution in [1.82, 2.24) is 24.3 Å². The predicted molar refractivity (Wildman–Crippen MR) is 129 cm³/mol. The number of amides is 1. The van der Waals surface area contributed by atoms with Crippen LogP contribution in [0, 0.1) is 11.8 Å². The number of pyridine rings is 1. The van der Waals surface area contributed by atoms with Crippen LogP contribution in [0.3, 0.4) is 0 Å². The third-order valence-electron chi connectivity index (χ3n) is 5.89. The smallest absolute Gasteiger partial charge is 0.299 e. The van der Waals surface area contributed by atoms with Crippen molar-refractivity contribution in [1.29, 1.82) is 0 Å². The Balaban J connectivity index is 1.48. The number of anilines is 1. The Kier molecular flexibility index (Phi) is 5.83. The Morgan fingerprint density at radius 3 is 2.79 bits per heavy atom. The summed E-state index contributed by atoms with van der Waals surface area (Å²) in [6.07, 6.45) is 6.95. The number of benzene rings is 1. The average molecular weight is 453 g/mol. The molecule has 4 aromatic rings. The Bertz CT molecular complexity index is 1390. The van der Waals surface area contributed by atoms with E-state index in [0.29, 0.717) is 19.0 Å². The molecule has 8 heteroatoms. The van der Waals surface area contributed by atoms with Gasteiger partial charge in [0.15, 0.2) is 0 Å². The van der Waals surface area contributed by atoms with Gasteiger partial charge in [-0.3, -0.25) is 14.2 Å². The molecule has 2 N–H and O–H groups in total. The second kappa shape index (κ2) is 9.24. The molecule has 0 radical (unpaired) electrons. The van der Waals surface area contributed by atoms with E-state index in [2.05, 4.69) is 21.8 Å². The minimum atomic E-state index is -0.181. The molecular weight excluding hydrogens is 428 g/mol. The normalized spacial score (nSPS) is 15.2. The van der Waals surface area contributed by atoms with Crippen LogP contribution in [0.15, 0.2) is 61.1 Å². The van der Waals surface area contributed by atoms with E-state index in [0.717, 1.165) is 46.9 Å². The molecule has 0 aliphatic carbocycles. The molecule has 3 aromatic heterocycles. The number of aromatic nitrogens is 4. The van der Waals surface area contributed by atoms with Crippen LogP contribution in [0.25, 0.3) is 16.8 Å². The standard InChI is InChI=1S/C26H24N6O2/c1-2-6-22(33)31-15-5-8-21(31)26-30-23(24-25(27)29-14-16-32(24)26)18-9-11-20(12-10-18)34-17-19-7-3-4-13-28-19/h3-4,7,9-14,16,21H,5,8,15,17H2,1H3,(H2,27,29). The van der Waals surface area contributed by atoms with Crippen molar-refractivity contribution in [3.05, 3.63) is 72.6 Å². The fraction of sp³-hybridized carbons (Fsp3) is 0.231. The SMILES string of the molecule is CC#CC(=O)N1CCCC1c1nc(-c2ccc(OCc3ccccn3)cc2)c2c(N)nccn12.